The van der Waals surface area contributed by atoms with E-state index in [4.69, 9.17) is 18.7 Å². The van der Waals surface area contributed by atoms with Crippen molar-refractivity contribution in [3.05, 3.63) is 23.6 Å². The Morgan fingerprint density at radius 2 is 1.68 bits per heavy atom. The Bertz CT molecular complexity index is 925. The number of nitrogens with one attached hydrogen (secondary N) is 2. The fraction of sp³-hybridized carbons (Fsp3) is 0.412. The number of amides is 1. The molecule has 1 amide bonds. The Morgan fingerprint density at radius 1 is 1.11 bits per heavy atom. The monoisotopic (exact) mass is 413 g/mol. The number of methoxy groups -OCH3 is 3. The number of hydrogen-bond donors (Lipinski definition) is 2. The van der Waals surface area contributed by atoms with Crippen molar-refractivity contribution in [2.24, 2.45) is 0 Å². The molecular formula is C17H23N3O7S. The second-order valence-electron chi connectivity index (χ2n) is 5.90. The predicted octanol–water partition coefficient (Wildman–Crippen LogP) is 1.62. The molecule has 154 valence electrons. The van der Waals surface area contributed by atoms with E-state index in [-0.39, 0.29) is 16.3 Å². The van der Waals surface area contributed by atoms with Crippen molar-refractivity contribution in [3.8, 4) is 17.2 Å². The zero-order chi connectivity index (χ0) is 21.1. The third-order valence-corrected chi connectivity index (χ3v) is 5.68. The van der Waals surface area contributed by atoms with Crippen LogP contribution in [0.5, 0.6) is 17.2 Å². The topological polar surface area (TPSA) is 129 Å². The summed E-state index contributed by atoms with van der Waals surface area (Å²) < 4.78 is 48.0. The number of anilines is 1. The first-order chi connectivity index (χ1) is 13.1. The van der Waals surface area contributed by atoms with E-state index in [2.05, 4.69) is 15.2 Å². The van der Waals surface area contributed by atoms with Crippen molar-refractivity contribution < 1.29 is 31.9 Å². The van der Waals surface area contributed by atoms with E-state index in [1.165, 1.54) is 54.2 Å². The lowest BCUT2D eigenvalue weighted by atomic mass is 10.2. The number of aryl methyl sites for hydroxylation is 2. The lowest BCUT2D eigenvalue weighted by molar-refractivity contribution is -0.117. The van der Waals surface area contributed by atoms with Gasteiger partial charge in [-0.1, -0.05) is 5.16 Å². The van der Waals surface area contributed by atoms with Gasteiger partial charge >= 0.3 is 0 Å². The molecule has 0 unspecified atom stereocenters. The average molecular weight is 413 g/mol. The van der Waals surface area contributed by atoms with Crippen molar-refractivity contribution in [3.63, 3.8) is 0 Å². The van der Waals surface area contributed by atoms with Gasteiger partial charge < -0.3 is 24.1 Å². The third-order valence-electron chi connectivity index (χ3n) is 3.89. The Kier molecular flexibility index (Phi) is 6.52. The Balaban J connectivity index is 2.21. The molecule has 0 aliphatic carbocycles. The third kappa shape index (κ3) is 4.37. The van der Waals surface area contributed by atoms with Crippen LogP contribution in [-0.4, -0.2) is 46.9 Å². The second-order valence-corrected chi connectivity index (χ2v) is 7.55. The Hall–Kier alpha value is -2.79. The SMILES string of the molecule is COc1cc(NC(=O)[C@H](C)NS(=O)(=O)c2c(C)noc2C)cc(OC)c1OC. The summed E-state index contributed by atoms with van der Waals surface area (Å²) in [5, 5.41) is 6.24. The van der Waals surface area contributed by atoms with Crippen molar-refractivity contribution in [1.29, 1.82) is 0 Å². The second kappa shape index (κ2) is 8.48. The summed E-state index contributed by atoms with van der Waals surface area (Å²) in [4.78, 5) is 12.4. The summed E-state index contributed by atoms with van der Waals surface area (Å²) in [6, 6.07) is 2.00. The first-order valence-electron chi connectivity index (χ1n) is 8.20. The molecule has 1 atom stereocenters. The number of ether oxygens (including phenoxy) is 3. The highest BCUT2D eigenvalue weighted by Crippen LogP contribution is 2.39. The van der Waals surface area contributed by atoms with Gasteiger partial charge in [-0.3, -0.25) is 4.79 Å². The molecule has 0 radical (unpaired) electrons. The maximum absolute atomic E-state index is 12.5. The van der Waals surface area contributed by atoms with E-state index in [0.717, 1.165) is 0 Å². The molecule has 0 fully saturated rings. The number of nitrogens with zero attached hydrogens (tertiary/aromatic N) is 1. The molecule has 0 saturated heterocycles. The normalized spacial score (nSPS) is 12.4. The van der Waals surface area contributed by atoms with Crippen molar-refractivity contribution in [2.75, 3.05) is 26.6 Å². The molecule has 1 heterocycles. The molecule has 1 aromatic carbocycles. The van der Waals surface area contributed by atoms with Gasteiger partial charge in [0.15, 0.2) is 17.3 Å². The summed E-state index contributed by atoms with van der Waals surface area (Å²) in [5.74, 6) is 0.629. The maximum Gasteiger partial charge on any atom is 0.246 e. The molecule has 0 saturated carbocycles. The molecule has 2 aromatic rings. The van der Waals surface area contributed by atoms with Crippen molar-refractivity contribution >= 4 is 21.6 Å². The first kappa shape index (κ1) is 21.5. The van der Waals surface area contributed by atoms with Gasteiger partial charge in [0, 0.05) is 17.8 Å². The van der Waals surface area contributed by atoms with Crippen LogP contribution in [0, 0.1) is 13.8 Å². The van der Waals surface area contributed by atoms with Gasteiger partial charge in [-0.05, 0) is 20.8 Å². The van der Waals surface area contributed by atoms with Gasteiger partial charge in [-0.25, -0.2) is 8.42 Å². The average Bonchev–Trinajstić information content (AvgIpc) is 2.99. The molecule has 0 aliphatic rings. The quantitative estimate of drug-likeness (QED) is 0.668. The minimum absolute atomic E-state index is 0.0834. The summed E-state index contributed by atoms with van der Waals surface area (Å²) in [6.45, 7) is 4.41. The molecule has 28 heavy (non-hydrogen) atoms. The molecular weight excluding hydrogens is 390 g/mol. The van der Waals surface area contributed by atoms with Crippen LogP contribution >= 0.6 is 0 Å². The van der Waals surface area contributed by atoms with Crippen molar-refractivity contribution in [2.45, 2.75) is 31.7 Å². The smallest absolute Gasteiger partial charge is 0.246 e. The van der Waals surface area contributed by atoms with Crippen LogP contribution in [-0.2, 0) is 14.8 Å². The van der Waals surface area contributed by atoms with E-state index in [1.54, 1.807) is 0 Å². The minimum atomic E-state index is -3.99. The standard InChI is InChI=1S/C17H23N3O7S/c1-9-16(11(3)27-19-9)28(22,23)20-10(2)17(21)18-12-7-13(24-4)15(26-6)14(8-12)25-5/h7-8,10,20H,1-6H3,(H,18,21)/t10-/m0/s1. The fourth-order valence-corrected chi connectivity index (χ4v) is 4.14. The zero-order valence-electron chi connectivity index (χ0n) is 16.4. The molecule has 0 bridgehead atoms. The lowest BCUT2D eigenvalue weighted by Gasteiger charge is -2.17. The molecule has 2 rings (SSSR count). The largest absolute Gasteiger partial charge is 0.493 e. The van der Waals surface area contributed by atoms with Crippen LogP contribution in [0.1, 0.15) is 18.4 Å². The van der Waals surface area contributed by atoms with E-state index >= 15 is 0 Å². The van der Waals surface area contributed by atoms with Crippen LogP contribution in [0.25, 0.3) is 0 Å². The van der Waals surface area contributed by atoms with Crippen LogP contribution in [0.4, 0.5) is 5.69 Å². The highest BCUT2D eigenvalue weighted by molar-refractivity contribution is 7.89. The Labute approximate surface area is 163 Å². The molecule has 0 spiro atoms. The number of aromatic nitrogens is 1. The number of sulfonamides is 1. The fourth-order valence-electron chi connectivity index (χ4n) is 2.61. The van der Waals surface area contributed by atoms with E-state index in [9.17, 15) is 13.2 Å². The van der Waals surface area contributed by atoms with Crippen molar-refractivity contribution in [1.82, 2.24) is 9.88 Å². The summed E-state index contributed by atoms with van der Waals surface area (Å²) in [6.07, 6.45) is 0. The molecule has 11 heteroatoms. The van der Waals surface area contributed by atoms with Gasteiger partial charge in [-0.2, -0.15) is 4.72 Å². The van der Waals surface area contributed by atoms with E-state index in [1.807, 2.05) is 0 Å². The Morgan fingerprint density at radius 3 is 2.11 bits per heavy atom. The van der Waals surface area contributed by atoms with Gasteiger partial charge in [0.25, 0.3) is 0 Å². The maximum atomic E-state index is 12.5. The van der Waals surface area contributed by atoms with Gasteiger partial charge in [-0.15, -0.1) is 0 Å². The van der Waals surface area contributed by atoms with Crippen LogP contribution < -0.4 is 24.2 Å². The number of benzene rings is 1. The lowest BCUT2D eigenvalue weighted by Crippen LogP contribution is -2.41. The summed E-state index contributed by atoms with van der Waals surface area (Å²) in [5.41, 5.74) is 0.560. The highest BCUT2D eigenvalue weighted by atomic mass is 32.2. The van der Waals surface area contributed by atoms with E-state index < -0.39 is 22.0 Å². The van der Waals surface area contributed by atoms with Crippen LogP contribution in [0.15, 0.2) is 21.6 Å². The minimum Gasteiger partial charge on any atom is -0.493 e. The number of hydrogen-bond acceptors (Lipinski definition) is 8. The van der Waals surface area contributed by atoms with Crippen LogP contribution in [0.3, 0.4) is 0 Å². The first-order valence-corrected chi connectivity index (χ1v) is 9.69. The number of rotatable bonds is 8. The molecule has 10 nitrogen and oxygen atoms in total. The summed E-state index contributed by atoms with van der Waals surface area (Å²) in [7, 11) is 0.370. The zero-order valence-corrected chi connectivity index (χ0v) is 17.3. The number of carbonyl (C=O) groups is 1. The highest BCUT2D eigenvalue weighted by Gasteiger charge is 2.28. The van der Waals surface area contributed by atoms with Gasteiger partial charge in [0.1, 0.15) is 10.6 Å². The number of carbonyl (C=O) groups excluding carboxylic acids is 1. The molecule has 0 aliphatic heterocycles. The molecule has 1 aromatic heterocycles. The van der Waals surface area contributed by atoms with Crippen LogP contribution in [0.2, 0.25) is 0 Å². The molecule has 2 N–H and O–H groups in total. The van der Waals surface area contributed by atoms with E-state index in [0.29, 0.717) is 22.9 Å². The summed E-state index contributed by atoms with van der Waals surface area (Å²) >= 11 is 0. The van der Waals surface area contributed by atoms with Gasteiger partial charge in [0.05, 0.1) is 27.4 Å². The predicted molar refractivity (Wildman–Crippen MR) is 100 cm³/mol. The van der Waals surface area contributed by atoms with Gasteiger partial charge in [0.2, 0.25) is 21.7 Å².